The maximum Gasteiger partial charge on any atom is 0.271 e. The molecule has 0 radical (unpaired) electrons. The summed E-state index contributed by atoms with van der Waals surface area (Å²) in [6.07, 6.45) is 3.55. The highest BCUT2D eigenvalue weighted by Gasteiger charge is 2.33. The third-order valence-electron chi connectivity index (χ3n) is 7.89. The Morgan fingerprint density at radius 1 is 1.13 bits per heavy atom. The highest BCUT2D eigenvalue weighted by Crippen LogP contribution is 2.38. The molecule has 3 atom stereocenters. The minimum Gasteiger partial charge on any atom is -0.394 e. The van der Waals surface area contributed by atoms with Gasteiger partial charge in [-0.1, -0.05) is 55.5 Å². The van der Waals surface area contributed by atoms with Crippen LogP contribution in [0.4, 0.5) is 0 Å². The summed E-state index contributed by atoms with van der Waals surface area (Å²) in [4.78, 5) is 22.7. The second-order valence-corrected chi connectivity index (χ2v) is 10.8. The summed E-state index contributed by atoms with van der Waals surface area (Å²) in [7, 11) is 4.04. The molecule has 1 amide bonds. The molecule has 0 saturated heterocycles. The van der Waals surface area contributed by atoms with Gasteiger partial charge in [0.1, 0.15) is 5.69 Å². The zero-order valence-electron chi connectivity index (χ0n) is 23.2. The number of aromatic nitrogens is 2. The van der Waals surface area contributed by atoms with Gasteiger partial charge in [-0.25, -0.2) is 0 Å². The van der Waals surface area contributed by atoms with Gasteiger partial charge >= 0.3 is 0 Å². The highest BCUT2D eigenvalue weighted by molar-refractivity contribution is 6.10. The largest absolute Gasteiger partial charge is 0.394 e. The molecule has 1 N–H and O–H groups in total. The van der Waals surface area contributed by atoms with Crippen molar-refractivity contribution in [3.63, 3.8) is 0 Å². The van der Waals surface area contributed by atoms with Crippen molar-refractivity contribution in [2.45, 2.75) is 39.1 Å². The minimum absolute atomic E-state index is 0.0303. The van der Waals surface area contributed by atoms with Crippen molar-refractivity contribution in [3.05, 3.63) is 89.9 Å². The molecule has 5 rings (SSSR count). The van der Waals surface area contributed by atoms with Gasteiger partial charge in [-0.2, -0.15) is 0 Å². The van der Waals surface area contributed by atoms with Gasteiger partial charge in [0.25, 0.3) is 5.91 Å². The van der Waals surface area contributed by atoms with Crippen LogP contribution >= 0.6 is 0 Å². The number of ether oxygens (including phenoxy) is 1. The normalized spacial score (nSPS) is 19.0. The summed E-state index contributed by atoms with van der Waals surface area (Å²) in [5, 5.41) is 11.2. The van der Waals surface area contributed by atoms with Gasteiger partial charge in [0.2, 0.25) is 0 Å². The Morgan fingerprint density at radius 3 is 2.67 bits per heavy atom. The van der Waals surface area contributed by atoms with Gasteiger partial charge < -0.3 is 19.3 Å². The molecule has 7 nitrogen and oxygen atoms in total. The van der Waals surface area contributed by atoms with Gasteiger partial charge in [0.15, 0.2) is 0 Å². The summed E-state index contributed by atoms with van der Waals surface area (Å²) < 4.78 is 8.69. The first kappa shape index (κ1) is 27.1. The Bertz CT molecular complexity index is 1430. The zero-order valence-corrected chi connectivity index (χ0v) is 23.2. The first-order chi connectivity index (χ1) is 18.9. The molecule has 1 aliphatic rings. The summed E-state index contributed by atoms with van der Waals surface area (Å²) in [5.41, 5.74) is 5.77. The topological polar surface area (TPSA) is 70.8 Å². The molecule has 3 heterocycles. The molecular weight excluding hydrogens is 488 g/mol. The molecular formula is C32H38N4O3. The molecule has 39 heavy (non-hydrogen) atoms. The number of aliphatic hydroxyl groups excluding tert-OH is 1. The van der Waals surface area contributed by atoms with Crippen LogP contribution in [0.3, 0.4) is 0 Å². The number of pyridine rings is 1. The second-order valence-electron chi connectivity index (χ2n) is 10.8. The van der Waals surface area contributed by atoms with Crippen molar-refractivity contribution >= 4 is 16.8 Å². The number of aryl methyl sites for hydroxylation is 1. The van der Waals surface area contributed by atoms with Crippen molar-refractivity contribution in [1.82, 2.24) is 19.4 Å². The number of likely N-dealkylation sites (N-methyl/N-ethyl adjacent to an activating group) is 1. The third kappa shape index (κ3) is 5.48. The number of amides is 1. The molecule has 0 saturated carbocycles. The van der Waals surface area contributed by atoms with E-state index in [0.717, 1.165) is 39.7 Å². The number of hydrogen-bond acceptors (Lipinski definition) is 5. The fourth-order valence-electron chi connectivity index (χ4n) is 5.70. The molecule has 0 spiro atoms. The molecule has 0 aliphatic carbocycles. The molecule has 0 fully saturated rings. The standard InChI is InChI=1S/C32H38N4O3/c1-22-17-36(23(2)20-37)32(38)31-30(27-13-7-8-14-28(27)35(31)4)26-12-6-5-11-25(26)21-39-29(22)19-34(3)18-24-10-9-15-33-16-24/h5-16,22-23,29,37H,17-21H2,1-4H3/t22-,23-,29+/m1/s1. The lowest BCUT2D eigenvalue weighted by Crippen LogP contribution is -2.47. The molecule has 204 valence electrons. The first-order valence-corrected chi connectivity index (χ1v) is 13.7. The maximum absolute atomic E-state index is 14.4. The van der Waals surface area contributed by atoms with E-state index in [2.05, 4.69) is 54.2 Å². The highest BCUT2D eigenvalue weighted by atomic mass is 16.5. The number of aliphatic hydroxyl groups is 1. The van der Waals surface area contributed by atoms with Crippen LogP contribution in [0.2, 0.25) is 0 Å². The minimum atomic E-state index is -0.337. The van der Waals surface area contributed by atoms with Crippen molar-refractivity contribution in [2.75, 3.05) is 26.7 Å². The number of para-hydroxylation sites is 1. The van der Waals surface area contributed by atoms with E-state index < -0.39 is 0 Å². The van der Waals surface area contributed by atoms with Crippen LogP contribution in [0.15, 0.2) is 73.1 Å². The van der Waals surface area contributed by atoms with Crippen LogP contribution in [0, 0.1) is 5.92 Å². The van der Waals surface area contributed by atoms with Crippen LogP contribution < -0.4 is 0 Å². The quantitative estimate of drug-likeness (QED) is 0.393. The first-order valence-electron chi connectivity index (χ1n) is 13.7. The molecule has 1 aliphatic heterocycles. The van der Waals surface area contributed by atoms with Gasteiger partial charge in [-0.05, 0) is 42.8 Å². The second kappa shape index (κ2) is 11.7. The summed E-state index contributed by atoms with van der Waals surface area (Å²) in [6.45, 7) is 6.31. The maximum atomic E-state index is 14.4. The summed E-state index contributed by atoms with van der Waals surface area (Å²) in [5.74, 6) is -0.0426. The fraction of sp³-hybridized carbons (Fsp3) is 0.375. The van der Waals surface area contributed by atoms with E-state index in [1.165, 1.54) is 0 Å². The van der Waals surface area contributed by atoms with E-state index in [9.17, 15) is 9.90 Å². The molecule has 0 unspecified atom stereocenters. The lowest BCUT2D eigenvalue weighted by atomic mass is 9.96. The fourth-order valence-corrected chi connectivity index (χ4v) is 5.70. The van der Waals surface area contributed by atoms with Gasteiger partial charge in [-0.3, -0.25) is 14.7 Å². The van der Waals surface area contributed by atoms with Crippen molar-refractivity contribution in [1.29, 1.82) is 0 Å². The van der Waals surface area contributed by atoms with Gasteiger partial charge in [0.05, 0.1) is 25.4 Å². The van der Waals surface area contributed by atoms with Crippen molar-refractivity contribution < 1.29 is 14.6 Å². The number of nitrogens with zero attached hydrogens (tertiary/aromatic N) is 4. The van der Waals surface area contributed by atoms with Crippen LogP contribution in [-0.2, 0) is 24.9 Å². The molecule has 0 bridgehead atoms. The SMILES string of the molecule is C[C@@H]1CN([C@H](C)CO)C(=O)c2c(c3ccccc3n2C)-c2ccccc2CO[C@H]1CN(C)Cc1cccnc1. The zero-order chi connectivity index (χ0) is 27.5. The monoisotopic (exact) mass is 526 g/mol. The van der Waals surface area contributed by atoms with Crippen LogP contribution in [0.25, 0.3) is 22.0 Å². The van der Waals surface area contributed by atoms with Crippen LogP contribution in [0.5, 0.6) is 0 Å². The summed E-state index contributed by atoms with van der Waals surface area (Å²) in [6, 6.07) is 20.1. The number of rotatable bonds is 6. The number of carbonyl (C=O) groups excluding carboxylic acids is 1. The van der Waals surface area contributed by atoms with Gasteiger partial charge in [0, 0.05) is 61.5 Å². The Labute approximate surface area is 230 Å². The average Bonchev–Trinajstić information content (AvgIpc) is 3.24. The molecule has 2 aromatic carbocycles. The lowest BCUT2D eigenvalue weighted by Gasteiger charge is -2.35. The van der Waals surface area contributed by atoms with Crippen molar-refractivity contribution in [2.24, 2.45) is 13.0 Å². The number of hydrogen-bond donors (Lipinski definition) is 1. The Morgan fingerprint density at radius 2 is 1.90 bits per heavy atom. The van der Waals surface area contributed by atoms with E-state index in [1.807, 2.05) is 60.0 Å². The Balaban J connectivity index is 1.58. The van der Waals surface area contributed by atoms with Crippen molar-refractivity contribution in [3.8, 4) is 11.1 Å². The van der Waals surface area contributed by atoms with E-state index in [1.54, 1.807) is 6.20 Å². The van der Waals surface area contributed by atoms with Crippen LogP contribution in [0.1, 0.15) is 35.5 Å². The molecule has 4 aromatic rings. The Hall–Kier alpha value is -3.52. The lowest BCUT2D eigenvalue weighted by molar-refractivity contribution is -0.0242. The van der Waals surface area contributed by atoms with Crippen LogP contribution in [-0.4, -0.2) is 69.3 Å². The number of benzene rings is 2. The Kier molecular flexibility index (Phi) is 8.12. The molecule has 2 aromatic heterocycles. The van der Waals surface area contributed by atoms with E-state index in [-0.39, 0.29) is 30.6 Å². The molecule has 7 heteroatoms. The van der Waals surface area contributed by atoms with E-state index in [0.29, 0.717) is 25.4 Å². The number of carbonyl (C=O) groups is 1. The van der Waals surface area contributed by atoms with Gasteiger partial charge in [-0.15, -0.1) is 0 Å². The predicted molar refractivity (Wildman–Crippen MR) is 154 cm³/mol. The number of fused-ring (bicyclic) bond motifs is 5. The average molecular weight is 527 g/mol. The summed E-state index contributed by atoms with van der Waals surface area (Å²) >= 11 is 0. The third-order valence-corrected chi connectivity index (χ3v) is 7.89. The smallest absolute Gasteiger partial charge is 0.271 e. The predicted octanol–water partition coefficient (Wildman–Crippen LogP) is 4.73. The van der Waals surface area contributed by atoms with E-state index in [4.69, 9.17) is 4.74 Å². The van der Waals surface area contributed by atoms with E-state index >= 15 is 0 Å².